The topological polar surface area (TPSA) is 28.2 Å². The highest BCUT2D eigenvalue weighted by atomic mass is 15.1. The van der Waals surface area contributed by atoms with Gasteiger partial charge in [0, 0.05) is 29.4 Å². The van der Waals surface area contributed by atoms with Crippen LogP contribution in [0.15, 0.2) is 30.3 Å². The lowest BCUT2D eigenvalue weighted by molar-refractivity contribution is 0.223. The molecule has 1 aromatic heterocycles. The summed E-state index contributed by atoms with van der Waals surface area (Å²) in [6.07, 6.45) is 4.10. The number of benzene rings is 1. The number of anilines is 1. The molecule has 1 aliphatic heterocycles. The molecule has 3 nitrogen and oxygen atoms in total. The summed E-state index contributed by atoms with van der Waals surface area (Å²) in [7, 11) is 0. The SMILES string of the molecule is Cc1cc(NC(C)CN2CCCCC2)c2ccccc2n1. The summed E-state index contributed by atoms with van der Waals surface area (Å²) < 4.78 is 0. The minimum atomic E-state index is 0.452. The molecule has 0 saturated carbocycles. The minimum Gasteiger partial charge on any atom is -0.381 e. The van der Waals surface area contributed by atoms with Crippen LogP contribution in [-0.4, -0.2) is 35.6 Å². The van der Waals surface area contributed by atoms with Gasteiger partial charge in [0.05, 0.1) is 5.52 Å². The van der Waals surface area contributed by atoms with Gasteiger partial charge in [0.2, 0.25) is 0 Å². The van der Waals surface area contributed by atoms with Gasteiger partial charge in [-0.1, -0.05) is 24.6 Å². The largest absolute Gasteiger partial charge is 0.381 e. The maximum Gasteiger partial charge on any atom is 0.0725 e. The van der Waals surface area contributed by atoms with E-state index in [4.69, 9.17) is 0 Å². The Hall–Kier alpha value is -1.61. The molecule has 21 heavy (non-hydrogen) atoms. The van der Waals surface area contributed by atoms with Crippen molar-refractivity contribution in [2.45, 2.75) is 39.2 Å². The summed E-state index contributed by atoms with van der Waals surface area (Å²) in [6, 6.07) is 11.0. The lowest BCUT2D eigenvalue weighted by atomic mass is 10.1. The zero-order valence-electron chi connectivity index (χ0n) is 13.1. The molecule has 0 radical (unpaired) electrons. The Bertz CT molecular complexity index is 602. The number of piperidine rings is 1. The maximum atomic E-state index is 4.61. The van der Waals surface area contributed by atoms with Crippen molar-refractivity contribution in [1.82, 2.24) is 9.88 Å². The number of pyridine rings is 1. The van der Waals surface area contributed by atoms with Crippen LogP contribution in [0.2, 0.25) is 0 Å². The molecule has 1 aliphatic rings. The van der Waals surface area contributed by atoms with Crippen molar-refractivity contribution in [2.24, 2.45) is 0 Å². The van der Waals surface area contributed by atoms with E-state index in [1.54, 1.807) is 0 Å². The van der Waals surface area contributed by atoms with Crippen LogP contribution < -0.4 is 5.32 Å². The number of rotatable bonds is 4. The number of nitrogens with one attached hydrogen (secondary N) is 1. The van der Waals surface area contributed by atoms with Crippen molar-refractivity contribution in [3.63, 3.8) is 0 Å². The van der Waals surface area contributed by atoms with E-state index in [2.05, 4.69) is 59.4 Å². The molecule has 1 N–H and O–H groups in total. The standard InChI is InChI=1S/C18H25N3/c1-14-12-18(16-8-4-5-9-17(16)19-14)20-15(2)13-21-10-6-3-7-11-21/h4-5,8-9,12,15H,3,6-7,10-11,13H2,1-2H3,(H,19,20). The van der Waals surface area contributed by atoms with Crippen molar-refractivity contribution in [1.29, 1.82) is 0 Å². The molecular weight excluding hydrogens is 258 g/mol. The van der Waals surface area contributed by atoms with Gasteiger partial charge in [0.15, 0.2) is 0 Å². The van der Waals surface area contributed by atoms with Crippen LogP contribution in [0.1, 0.15) is 31.9 Å². The molecule has 1 unspecified atom stereocenters. The monoisotopic (exact) mass is 283 g/mol. The van der Waals surface area contributed by atoms with Gasteiger partial charge in [-0.3, -0.25) is 4.98 Å². The van der Waals surface area contributed by atoms with Gasteiger partial charge >= 0.3 is 0 Å². The smallest absolute Gasteiger partial charge is 0.0725 e. The average molecular weight is 283 g/mol. The Morgan fingerprint density at radius 2 is 1.95 bits per heavy atom. The Morgan fingerprint density at radius 1 is 1.19 bits per heavy atom. The van der Waals surface area contributed by atoms with Crippen molar-refractivity contribution in [3.05, 3.63) is 36.0 Å². The number of para-hydroxylation sites is 1. The quantitative estimate of drug-likeness (QED) is 0.924. The highest BCUT2D eigenvalue weighted by Gasteiger charge is 2.14. The summed E-state index contributed by atoms with van der Waals surface area (Å²) in [5.41, 5.74) is 3.36. The van der Waals surface area contributed by atoms with Gasteiger partial charge in [0.25, 0.3) is 0 Å². The van der Waals surface area contributed by atoms with Crippen LogP contribution >= 0.6 is 0 Å². The molecular formula is C18H25N3. The first-order valence-electron chi connectivity index (χ1n) is 8.07. The maximum absolute atomic E-state index is 4.61. The van der Waals surface area contributed by atoms with E-state index in [9.17, 15) is 0 Å². The van der Waals surface area contributed by atoms with Gasteiger partial charge in [0.1, 0.15) is 0 Å². The average Bonchev–Trinajstić information content (AvgIpc) is 2.48. The second-order valence-corrected chi connectivity index (χ2v) is 6.24. The number of nitrogens with zero attached hydrogens (tertiary/aromatic N) is 2. The van der Waals surface area contributed by atoms with Gasteiger partial charge < -0.3 is 10.2 Å². The van der Waals surface area contributed by atoms with Crippen molar-refractivity contribution in [2.75, 3.05) is 25.0 Å². The summed E-state index contributed by atoms with van der Waals surface area (Å²) >= 11 is 0. The summed E-state index contributed by atoms with van der Waals surface area (Å²) in [6.45, 7) is 7.96. The number of likely N-dealkylation sites (tertiary alicyclic amines) is 1. The predicted octanol–water partition coefficient (Wildman–Crippen LogP) is 3.83. The van der Waals surface area contributed by atoms with E-state index < -0.39 is 0 Å². The molecule has 0 spiro atoms. The minimum absolute atomic E-state index is 0.452. The molecule has 1 saturated heterocycles. The summed E-state index contributed by atoms with van der Waals surface area (Å²) in [5, 5.41) is 4.91. The number of aromatic nitrogens is 1. The number of hydrogen-bond acceptors (Lipinski definition) is 3. The molecule has 2 heterocycles. The van der Waals surface area contributed by atoms with Crippen LogP contribution in [0.3, 0.4) is 0 Å². The highest BCUT2D eigenvalue weighted by molar-refractivity contribution is 5.91. The van der Waals surface area contributed by atoms with E-state index in [-0.39, 0.29) is 0 Å². The first kappa shape index (κ1) is 14.3. The van der Waals surface area contributed by atoms with Crippen LogP contribution in [0, 0.1) is 6.92 Å². The molecule has 112 valence electrons. The fourth-order valence-electron chi connectivity index (χ4n) is 3.27. The molecule has 0 bridgehead atoms. The molecule has 0 amide bonds. The zero-order valence-corrected chi connectivity index (χ0v) is 13.1. The van der Waals surface area contributed by atoms with Gasteiger partial charge in [-0.25, -0.2) is 0 Å². The lowest BCUT2D eigenvalue weighted by Crippen LogP contribution is -2.38. The number of fused-ring (bicyclic) bond motifs is 1. The Balaban J connectivity index is 1.74. The Labute approximate surface area is 127 Å². The fraction of sp³-hybridized carbons (Fsp3) is 0.500. The second-order valence-electron chi connectivity index (χ2n) is 6.24. The van der Waals surface area contributed by atoms with Crippen LogP contribution in [0.4, 0.5) is 5.69 Å². The van der Waals surface area contributed by atoms with Gasteiger partial charge in [-0.2, -0.15) is 0 Å². The van der Waals surface area contributed by atoms with E-state index in [1.807, 2.05) is 0 Å². The normalized spacial score (nSPS) is 17.8. The molecule has 1 aromatic carbocycles. The van der Waals surface area contributed by atoms with Crippen molar-refractivity contribution >= 4 is 16.6 Å². The summed E-state index contributed by atoms with van der Waals surface area (Å²) in [4.78, 5) is 7.19. The molecule has 0 aliphatic carbocycles. The van der Waals surface area contributed by atoms with Crippen molar-refractivity contribution < 1.29 is 0 Å². The Morgan fingerprint density at radius 3 is 2.76 bits per heavy atom. The van der Waals surface area contributed by atoms with E-state index in [0.29, 0.717) is 6.04 Å². The Kier molecular flexibility index (Phi) is 4.39. The number of hydrogen-bond donors (Lipinski definition) is 1. The third-order valence-electron chi connectivity index (χ3n) is 4.23. The fourth-order valence-corrected chi connectivity index (χ4v) is 3.27. The van der Waals surface area contributed by atoms with Crippen LogP contribution in [0.5, 0.6) is 0 Å². The van der Waals surface area contributed by atoms with E-state index in [1.165, 1.54) is 43.4 Å². The predicted molar refractivity (Wildman–Crippen MR) is 89.9 cm³/mol. The first-order valence-corrected chi connectivity index (χ1v) is 8.07. The lowest BCUT2D eigenvalue weighted by Gasteiger charge is -2.30. The van der Waals surface area contributed by atoms with Crippen LogP contribution in [0.25, 0.3) is 10.9 Å². The zero-order chi connectivity index (χ0) is 14.7. The first-order chi connectivity index (χ1) is 10.2. The summed E-state index contributed by atoms with van der Waals surface area (Å²) in [5.74, 6) is 0. The molecule has 1 atom stereocenters. The second kappa shape index (κ2) is 6.44. The van der Waals surface area contributed by atoms with E-state index >= 15 is 0 Å². The molecule has 3 rings (SSSR count). The third kappa shape index (κ3) is 3.53. The van der Waals surface area contributed by atoms with Gasteiger partial charge in [-0.05, 0) is 51.9 Å². The third-order valence-corrected chi connectivity index (χ3v) is 4.23. The van der Waals surface area contributed by atoms with Crippen molar-refractivity contribution in [3.8, 4) is 0 Å². The highest BCUT2D eigenvalue weighted by Crippen LogP contribution is 2.23. The van der Waals surface area contributed by atoms with Crippen LogP contribution in [-0.2, 0) is 0 Å². The van der Waals surface area contributed by atoms with E-state index in [0.717, 1.165) is 17.8 Å². The van der Waals surface area contributed by atoms with Gasteiger partial charge in [-0.15, -0.1) is 0 Å². The molecule has 2 aromatic rings. The number of aryl methyl sites for hydroxylation is 1. The molecule has 3 heteroatoms. The molecule has 1 fully saturated rings.